The number of hydrazine groups is 2. The Labute approximate surface area is 160 Å². The van der Waals surface area contributed by atoms with Gasteiger partial charge in [-0.3, -0.25) is 5.01 Å². The number of ether oxygens (including phenoxy) is 2. The maximum atomic E-state index is 12.7. The monoisotopic (exact) mass is 442 g/mol. The van der Waals surface area contributed by atoms with Crippen LogP contribution in [0.4, 0.5) is 5.69 Å². The Hall–Kier alpha value is -1.85. The number of rotatable bonds is 6. The Balaban J connectivity index is 1.76. The van der Waals surface area contributed by atoms with Gasteiger partial charge in [0, 0.05) is 4.47 Å². The lowest BCUT2D eigenvalue weighted by molar-refractivity contribution is 0.401. The van der Waals surface area contributed by atoms with Gasteiger partial charge in [0.25, 0.3) is 0 Å². The highest BCUT2D eigenvalue weighted by Crippen LogP contribution is 2.31. The van der Waals surface area contributed by atoms with Gasteiger partial charge in [-0.1, -0.05) is 28.1 Å². The lowest BCUT2D eigenvalue weighted by atomic mass is 10.3. The van der Waals surface area contributed by atoms with E-state index in [1.54, 1.807) is 30.3 Å². The molecule has 3 rings (SSSR count). The van der Waals surface area contributed by atoms with Crippen molar-refractivity contribution in [1.82, 2.24) is 15.7 Å². The van der Waals surface area contributed by atoms with E-state index in [4.69, 9.17) is 9.47 Å². The van der Waals surface area contributed by atoms with Gasteiger partial charge in [-0.25, -0.2) is 13.8 Å². The third-order valence-electron chi connectivity index (χ3n) is 3.83. The molecule has 1 aliphatic heterocycles. The van der Waals surface area contributed by atoms with E-state index in [1.165, 1.54) is 13.2 Å². The second-order valence-electron chi connectivity index (χ2n) is 5.51. The first-order valence-electron chi connectivity index (χ1n) is 7.72. The van der Waals surface area contributed by atoms with Crippen LogP contribution in [0, 0.1) is 0 Å². The Morgan fingerprint density at radius 1 is 1.15 bits per heavy atom. The molecule has 1 saturated heterocycles. The lowest BCUT2D eigenvalue weighted by Crippen LogP contribution is -2.45. The van der Waals surface area contributed by atoms with Crippen molar-refractivity contribution in [3.8, 4) is 11.5 Å². The minimum absolute atomic E-state index is 0.0859. The summed E-state index contributed by atoms with van der Waals surface area (Å²) in [5, 5.41) is 1.76. The van der Waals surface area contributed by atoms with Crippen molar-refractivity contribution in [2.24, 2.45) is 0 Å². The zero-order valence-electron chi connectivity index (χ0n) is 14.2. The molecule has 0 radical (unpaired) electrons. The predicted octanol–water partition coefficient (Wildman–Crippen LogP) is 1.60. The zero-order chi connectivity index (χ0) is 18.7. The number of para-hydroxylation sites is 1. The minimum Gasteiger partial charge on any atom is -0.495 e. The fourth-order valence-electron chi connectivity index (χ4n) is 2.62. The van der Waals surface area contributed by atoms with Crippen LogP contribution in [0.3, 0.4) is 0 Å². The quantitative estimate of drug-likeness (QED) is 0.625. The second kappa shape index (κ2) is 7.80. The topological polar surface area (TPSA) is 91.9 Å². The van der Waals surface area contributed by atoms with Crippen LogP contribution in [0.25, 0.3) is 0 Å². The number of hydrogen-bond acceptors (Lipinski definition) is 7. The molecule has 8 nitrogen and oxygen atoms in total. The van der Waals surface area contributed by atoms with Crippen LogP contribution in [0.5, 0.6) is 11.5 Å². The van der Waals surface area contributed by atoms with E-state index in [0.717, 1.165) is 10.2 Å². The molecule has 1 fully saturated rings. The van der Waals surface area contributed by atoms with Crippen molar-refractivity contribution in [1.29, 1.82) is 0 Å². The molecule has 0 spiro atoms. The SMILES string of the molecule is COc1ccc(Br)cc1N1C[C@H](NS(=O)(=O)c2ccccc2OC)NN1. The first-order valence-corrected chi connectivity index (χ1v) is 10.00. The molecule has 3 N–H and O–H groups in total. The molecule has 2 aromatic rings. The van der Waals surface area contributed by atoms with E-state index >= 15 is 0 Å². The van der Waals surface area contributed by atoms with Gasteiger partial charge in [0.15, 0.2) is 0 Å². The van der Waals surface area contributed by atoms with E-state index in [0.29, 0.717) is 12.3 Å². The third kappa shape index (κ3) is 3.94. The van der Waals surface area contributed by atoms with Crippen LogP contribution in [-0.2, 0) is 10.0 Å². The predicted molar refractivity (Wildman–Crippen MR) is 101 cm³/mol. The molecule has 0 aliphatic carbocycles. The van der Waals surface area contributed by atoms with Crippen molar-refractivity contribution < 1.29 is 17.9 Å². The normalized spacial score (nSPS) is 17.3. The molecule has 0 saturated carbocycles. The maximum Gasteiger partial charge on any atom is 0.245 e. The lowest BCUT2D eigenvalue weighted by Gasteiger charge is -2.20. The van der Waals surface area contributed by atoms with Crippen molar-refractivity contribution in [3.05, 3.63) is 46.9 Å². The smallest absolute Gasteiger partial charge is 0.245 e. The molecular formula is C16H19BrN4O4S. The van der Waals surface area contributed by atoms with Gasteiger partial charge in [0.2, 0.25) is 10.0 Å². The number of nitrogens with zero attached hydrogens (tertiary/aromatic N) is 1. The Bertz CT molecular complexity index is 894. The number of halogens is 1. The Kier molecular flexibility index (Phi) is 5.68. The number of sulfonamides is 1. The van der Waals surface area contributed by atoms with Gasteiger partial charge in [0.1, 0.15) is 22.6 Å². The van der Waals surface area contributed by atoms with Crippen molar-refractivity contribution in [2.75, 3.05) is 25.8 Å². The summed E-state index contributed by atoms with van der Waals surface area (Å²) in [4.78, 5) is 0.0859. The average molecular weight is 443 g/mol. The molecule has 2 aromatic carbocycles. The van der Waals surface area contributed by atoms with Crippen LogP contribution >= 0.6 is 15.9 Å². The number of methoxy groups -OCH3 is 2. The van der Waals surface area contributed by atoms with E-state index < -0.39 is 16.2 Å². The fraction of sp³-hybridized carbons (Fsp3) is 0.250. The average Bonchev–Trinajstić information content (AvgIpc) is 3.09. The molecule has 0 aromatic heterocycles. The number of benzene rings is 2. The van der Waals surface area contributed by atoms with Gasteiger partial charge in [-0.15, -0.1) is 0 Å². The highest BCUT2D eigenvalue weighted by Gasteiger charge is 2.29. The van der Waals surface area contributed by atoms with Crippen molar-refractivity contribution >= 4 is 31.6 Å². The molecule has 0 amide bonds. The van der Waals surface area contributed by atoms with Gasteiger partial charge in [-0.05, 0) is 30.3 Å². The highest BCUT2D eigenvalue weighted by atomic mass is 79.9. The molecule has 1 atom stereocenters. The zero-order valence-corrected chi connectivity index (χ0v) is 16.6. The first-order chi connectivity index (χ1) is 12.4. The van der Waals surface area contributed by atoms with Gasteiger partial charge < -0.3 is 9.47 Å². The molecule has 140 valence electrons. The highest BCUT2D eigenvalue weighted by molar-refractivity contribution is 9.10. The molecule has 0 bridgehead atoms. The van der Waals surface area contributed by atoms with Gasteiger partial charge in [0.05, 0.1) is 26.5 Å². The van der Waals surface area contributed by atoms with Crippen LogP contribution in [-0.4, -0.2) is 35.3 Å². The maximum absolute atomic E-state index is 12.7. The second-order valence-corrected chi connectivity index (χ2v) is 8.11. The minimum atomic E-state index is -3.76. The van der Waals surface area contributed by atoms with E-state index in [1.807, 2.05) is 18.2 Å². The molecule has 1 heterocycles. The Morgan fingerprint density at radius 3 is 2.62 bits per heavy atom. The molecule has 0 unspecified atom stereocenters. The van der Waals surface area contributed by atoms with Gasteiger partial charge >= 0.3 is 0 Å². The molecule has 26 heavy (non-hydrogen) atoms. The molecular weight excluding hydrogens is 424 g/mol. The standard InChI is InChI=1S/C16H19BrN4O4S/c1-24-13-8-7-11(17)9-12(13)21-10-16(18-20-21)19-26(22,23)15-6-4-3-5-14(15)25-2/h3-9,16,18-20H,10H2,1-2H3/t16-/m0/s1. The van der Waals surface area contributed by atoms with Gasteiger partial charge in [-0.2, -0.15) is 10.3 Å². The largest absolute Gasteiger partial charge is 0.495 e. The summed E-state index contributed by atoms with van der Waals surface area (Å²) in [6.45, 7) is 0.348. The summed E-state index contributed by atoms with van der Waals surface area (Å²) < 4.78 is 39.4. The summed E-state index contributed by atoms with van der Waals surface area (Å²) in [5.74, 6) is 0.951. The summed E-state index contributed by atoms with van der Waals surface area (Å²) in [6.07, 6.45) is -0.548. The van der Waals surface area contributed by atoms with Crippen LogP contribution in [0.15, 0.2) is 51.8 Å². The van der Waals surface area contributed by atoms with E-state index in [2.05, 4.69) is 31.6 Å². The van der Waals surface area contributed by atoms with E-state index in [-0.39, 0.29) is 10.6 Å². The van der Waals surface area contributed by atoms with Crippen molar-refractivity contribution in [2.45, 2.75) is 11.1 Å². The molecule has 10 heteroatoms. The van der Waals surface area contributed by atoms with Crippen molar-refractivity contribution in [3.63, 3.8) is 0 Å². The summed E-state index contributed by atoms with van der Waals surface area (Å²) in [6, 6.07) is 12.0. The van der Waals surface area contributed by atoms with Crippen LogP contribution in [0.2, 0.25) is 0 Å². The van der Waals surface area contributed by atoms with Crippen LogP contribution < -0.4 is 30.2 Å². The summed E-state index contributed by atoms with van der Waals surface area (Å²) in [5.41, 5.74) is 6.64. The summed E-state index contributed by atoms with van der Waals surface area (Å²) >= 11 is 3.43. The number of nitrogens with one attached hydrogen (secondary N) is 3. The van der Waals surface area contributed by atoms with E-state index in [9.17, 15) is 8.42 Å². The third-order valence-corrected chi connectivity index (χ3v) is 5.83. The fourth-order valence-corrected chi connectivity index (χ4v) is 4.28. The first kappa shape index (κ1) is 18.9. The number of hydrogen-bond donors (Lipinski definition) is 3. The van der Waals surface area contributed by atoms with Crippen LogP contribution in [0.1, 0.15) is 0 Å². The molecule has 1 aliphatic rings. The Morgan fingerprint density at radius 2 is 1.88 bits per heavy atom. The summed E-state index contributed by atoms with van der Waals surface area (Å²) in [7, 11) is -0.744. The number of anilines is 1.